The minimum absolute atomic E-state index is 0.152. The number of hydrogen-bond donors (Lipinski definition) is 1. The maximum Gasteiger partial charge on any atom is 0.502 e. The van der Waals surface area contributed by atoms with Crippen LogP contribution in [0.25, 0.3) is 0 Å². The first-order valence-corrected chi connectivity index (χ1v) is 7.25. The van der Waals surface area contributed by atoms with Gasteiger partial charge in [0, 0.05) is 12.1 Å². The normalized spacial score (nSPS) is 24.7. The van der Waals surface area contributed by atoms with Crippen molar-refractivity contribution in [3.63, 3.8) is 0 Å². The second-order valence-corrected chi connectivity index (χ2v) is 6.77. The second-order valence-electron chi connectivity index (χ2n) is 6.77. The summed E-state index contributed by atoms with van der Waals surface area (Å²) in [5.74, 6) is 1.21. The van der Waals surface area contributed by atoms with E-state index in [0.29, 0.717) is 11.4 Å². The molecule has 0 radical (unpaired) electrons. The zero-order valence-electron chi connectivity index (χ0n) is 12.5. The van der Waals surface area contributed by atoms with Crippen molar-refractivity contribution in [1.82, 2.24) is 9.97 Å². The summed E-state index contributed by atoms with van der Waals surface area (Å²) < 4.78 is 11.8. The van der Waals surface area contributed by atoms with Crippen LogP contribution in [0, 0.1) is 0 Å². The van der Waals surface area contributed by atoms with Gasteiger partial charge in [0.15, 0.2) is 0 Å². The smallest absolute Gasteiger partial charge is 0.399 e. The Morgan fingerprint density at radius 1 is 1.25 bits per heavy atom. The zero-order valence-corrected chi connectivity index (χ0v) is 12.5. The van der Waals surface area contributed by atoms with Gasteiger partial charge in [-0.2, -0.15) is 0 Å². The molecule has 1 aliphatic heterocycles. The molecule has 1 aromatic rings. The molecule has 1 saturated carbocycles. The number of rotatable bonds is 2. The van der Waals surface area contributed by atoms with Crippen LogP contribution >= 0.6 is 0 Å². The van der Waals surface area contributed by atoms with Crippen molar-refractivity contribution in [3.05, 3.63) is 22.4 Å². The monoisotopic (exact) mass is 276 g/mol. The molecule has 5 nitrogen and oxygen atoms in total. The highest BCUT2D eigenvalue weighted by Crippen LogP contribution is 2.36. The number of aromatic nitrogens is 2. The van der Waals surface area contributed by atoms with Gasteiger partial charge in [-0.05, 0) is 40.5 Å². The molecule has 0 unspecified atom stereocenters. The predicted octanol–water partition coefficient (Wildman–Crippen LogP) is 1.34. The molecule has 3 rings (SSSR count). The lowest BCUT2D eigenvalue weighted by Gasteiger charge is -2.32. The van der Waals surface area contributed by atoms with Crippen LogP contribution in [-0.4, -0.2) is 28.3 Å². The molecule has 1 aliphatic carbocycles. The van der Waals surface area contributed by atoms with E-state index in [9.17, 15) is 4.79 Å². The van der Waals surface area contributed by atoms with Gasteiger partial charge in [-0.3, -0.25) is 4.79 Å². The van der Waals surface area contributed by atoms with Crippen LogP contribution in [0.3, 0.4) is 0 Å². The molecule has 2 heterocycles. The molecule has 6 heteroatoms. The first kappa shape index (κ1) is 13.8. The number of aromatic amines is 1. The van der Waals surface area contributed by atoms with Crippen LogP contribution in [0.5, 0.6) is 0 Å². The first-order valence-electron chi connectivity index (χ1n) is 7.25. The molecule has 1 N–H and O–H groups in total. The number of hydrogen-bond acceptors (Lipinski definition) is 4. The van der Waals surface area contributed by atoms with Gasteiger partial charge >= 0.3 is 7.12 Å². The highest BCUT2D eigenvalue weighted by Gasteiger charge is 2.52. The van der Waals surface area contributed by atoms with Crippen molar-refractivity contribution in [3.8, 4) is 0 Å². The van der Waals surface area contributed by atoms with Gasteiger partial charge in [0.25, 0.3) is 5.56 Å². The molecule has 108 valence electrons. The summed E-state index contributed by atoms with van der Waals surface area (Å²) in [5, 5.41) is 0. The van der Waals surface area contributed by atoms with Crippen molar-refractivity contribution in [2.24, 2.45) is 0 Å². The van der Waals surface area contributed by atoms with E-state index in [2.05, 4.69) is 9.97 Å². The molecule has 2 aliphatic rings. The van der Waals surface area contributed by atoms with Crippen LogP contribution in [0.15, 0.2) is 11.0 Å². The van der Waals surface area contributed by atoms with E-state index in [1.165, 1.54) is 6.42 Å². The standard InChI is InChI=1S/C14H21BN2O3/c1-13(2)14(3,4)20-15(19-13)10-8-16-11(17-12(10)18)9-6-5-7-9/h8-9H,5-7H2,1-4H3,(H,16,17,18). The van der Waals surface area contributed by atoms with Crippen LogP contribution in [0.4, 0.5) is 0 Å². The average molecular weight is 276 g/mol. The lowest BCUT2D eigenvalue weighted by molar-refractivity contribution is 0.00578. The summed E-state index contributed by atoms with van der Waals surface area (Å²) in [6.07, 6.45) is 5.04. The van der Waals surface area contributed by atoms with Gasteiger partial charge in [-0.15, -0.1) is 0 Å². The summed E-state index contributed by atoms with van der Waals surface area (Å²) in [6.45, 7) is 7.88. The van der Waals surface area contributed by atoms with Gasteiger partial charge in [0.1, 0.15) is 5.82 Å². The molecule has 20 heavy (non-hydrogen) atoms. The van der Waals surface area contributed by atoms with E-state index in [1.54, 1.807) is 6.20 Å². The van der Waals surface area contributed by atoms with E-state index >= 15 is 0 Å². The minimum atomic E-state index is -0.647. The first-order chi connectivity index (χ1) is 9.30. The fourth-order valence-electron chi connectivity index (χ4n) is 2.45. The topological polar surface area (TPSA) is 64.2 Å². The fourth-order valence-corrected chi connectivity index (χ4v) is 2.45. The third-order valence-corrected chi connectivity index (χ3v) is 4.85. The molecule has 0 atom stereocenters. The molecule has 0 spiro atoms. The lowest BCUT2D eigenvalue weighted by Crippen LogP contribution is -2.45. The Hall–Kier alpha value is -1.14. The molecule has 0 aromatic carbocycles. The van der Waals surface area contributed by atoms with Gasteiger partial charge < -0.3 is 14.3 Å². The maximum absolute atomic E-state index is 12.2. The summed E-state index contributed by atoms with van der Waals surface area (Å²) >= 11 is 0. The summed E-state index contributed by atoms with van der Waals surface area (Å²) in [7, 11) is -0.647. The number of nitrogens with one attached hydrogen (secondary N) is 1. The van der Waals surface area contributed by atoms with Crippen LogP contribution in [0.1, 0.15) is 58.7 Å². The van der Waals surface area contributed by atoms with Gasteiger partial charge in [0.05, 0.1) is 16.7 Å². The van der Waals surface area contributed by atoms with E-state index in [1.807, 2.05) is 27.7 Å². The van der Waals surface area contributed by atoms with Crippen LogP contribution in [0.2, 0.25) is 0 Å². The summed E-state index contributed by atoms with van der Waals surface area (Å²) in [5.41, 5.74) is -0.597. The highest BCUT2D eigenvalue weighted by molar-refractivity contribution is 6.61. The van der Waals surface area contributed by atoms with Crippen molar-refractivity contribution >= 4 is 12.6 Å². The highest BCUT2D eigenvalue weighted by atomic mass is 16.7. The van der Waals surface area contributed by atoms with Gasteiger partial charge in [0.2, 0.25) is 0 Å². The molecular formula is C14H21BN2O3. The third kappa shape index (κ3) is 2.11. The molecule has 2 fully saturated rings. The Labute approximate surface area is 119 Å². The number of H-pyrrole nitrogens is 1. The predicted molar refractivity (Wildman–Crippen MR) is 77.2 cm³/mol. The maximum atomic E-state index is 12.2. The molecule has 1 aromatic heterocycles. The molecule has 0 amide bonds. The van der Waals surface area contributed by atoms with Crippen LogP contribution in [-0.2, 0) is 9.31 Å². The second kappa shape index (κ2) is 4.43. The Morgan fingerprint density at radius 2 is 1.85 bits per heavy atom. The lowest BCUT2D eigenvalue weighted by atomic mass is 9.80. The van der Waals surface area contributed by atoms with E-state index in [0.717, 1.165) is 18.7 Å². The van der Waals surface area contributed by atoms with Gasteiger partial charge in [-0.1, -0.05) is 6.42 Å². The molecular weight excluding hydrogens is 255 g/mol. The SMILES string of the molecule is CC1(C)OB(c2cnc(C3CCC3)[nH]c2=O)OC1(C)C. The number of nitrogens with zero attached hydrogens (tertiary/aromatic N) is 1. The van der Waals surface area contributed by atoms with Crippen molar-refractivity contribution in [2.75, 3.05) is 0 Å². The van der Waals surface area contributed by atoms with Gasteiger partial charge in [-0.25, -0.2) is 4.98 Å². The Balaban J connectivity index is 1.87. The fraction of sp³-hybridized carbons (Fsp3) is 0.714. The summed E-state index contributed by atoms with van der Waals surface area (Å²) in [4.78, 5) is 19.5. The van der Waals surface area contributed by atoms with E-state index < -0.39 is 18.3 Å². The Morgan fingerprint density at radius 3 is 2.30 bits per heavy atom. The van der Waals surface area contributed by atoms with Crippen LogP contribution < -0.4 is 11.0 Å². The van der Waals surface area contributed by atoms with E-state index in [4.69, 9.17) is 9.31 Å². The quantitative estimate of drug-likeness (QED) is 0.828. The Bertz CT molecular complexity index is 562. The Kier molecular flexibility index (Phi) is 3.06. The van der Waals surface area contributed by atoms with E-state index in [-0.39, 0.29) is 5.56 Å². The average Bonchev–Trinajstić information content (AvgIpc) is 2.45. The molecule has 0 bridgehead atoms. The van der Waals surface area contributed by atoms with Crippen molar-refractivity contribution in [1.29, 1.82) is 0 Å². The van der Waals surface area contributed by atoms with Crippen molar-refractivity contribution < 1.29 is 9.31 Å². The van der Waals surface area contributed by atoms with Crippen molar-refractivity contribution in [2.45, 2.75) is 64.1 Å². The zero-order chi connectivity index (χ0) is 14.5. The third-order valence-electron chi connectivity index (χ3n) is 4.85. The molecule has 1 saturated heterocycles. The minimum Gasteiger partial charge on any atom is -0.399 e. The largest absolute Gasteiger partial charge is 0.502 e. The summed E-state index contributed by atoms with van der Waals surface area (Å²) in [6, 6.07) is 0.